The van der Waals surface area contributed by atoms with Gasteiger partial charge in [-0.2, -0.15) is 5.26 Å². The second kappa shape index (κ2) is 4.18. The third-order valence-corrected chi connectivity index (χ3v) is 2.62. The zero-order valence-electron chi connectivity index (χ0n) is 7.29. The molecule has 12 heavy (non-hydrogen) atoms. The van der Waals surface area contributed by atoms with Gasteiger partial charge in [0.15, 0.2) is 0 Å². The van der Waals surface area contributed by atoms with Crippen molar-refractivity contribution >= 4 is 11.8 Å². The molecule has 0 atom stereocenters. The van der Waals surface area contributed by atoms with Crippen molar-refractivity contribution in [1.29, 1.82) is 5.26 Å². The summed E-state index contributed by atoms with van der Waals surface area (Å²) in [4.78, 5) is 1.22. The van der Waals surface area contributed by atoms with Gasteiger partial charge < -0.3 is 0 Å². The van der Waals surface area contributed by atoms with Crippen molar-refractivity contribution < 1.29 is 0 Å². The molecule has 1 nitrogen and oxygen atoms in total. The van der Waals surface area contributed by atoms with Gasteiger partial charge in [0, 0.05) is 4.90 Å². The zero-order valence-corrected chi connectivity index (χ0v) is 8.11. The van der Waals surface area contributed by atoms with Crippen LogP contribution in [-0.4, -0.2) is 6.26 Å². The van der Waals surface area contributed by atoms with Crippen LogP contribution in [0.25, 0.3) is 0 Å². The van der Waals surface area contributed by atoms with Gasteiger partial charge in [0.25, 0.3) is 0 Å². The average molecular weight is 177 g/mol. The number of nitrogens with zero attached hydrogens (tertiary/aromatic N) is 1. The van der Waals surface area contributed by atoms with Crippen LogP contribution in [0.3, 0.4) is 0 Å². The van der Waals surface area contributed by atoms with Crippen molar-refractivity contribution in [2.45, 2.75) is 18.2 Å². The Hall–Kier alpha value is -0.940. The van der Waals surface area contributed by atoms with Gasteiger partial charge in [0.2, 0.25) is 0 Å². The van der Waals surface area contributed by atoms with Crippen LogP contribution in [0.15, 0.2) is 23.1 Å². The Morgan fingerprint density at radius 3 is 2.75 bits per heavy atom. The molecule has 0 spiro atoms. The van der Waals surface area contributed by atoms with Crippen molar-refractivity contribution in [3.8, 4) is 6.07 Å². The van der Waals surface area contributed by atoms with Gasteiger partial charge in [0.05, 0.1) is 11.6 Å². The first-order chi connectivity index (χ1) is 5.81. The van der Waals surface area contributed by atoms with E-state index in [0.29, 0.717) is 0 Å². The van der Waals surface area contributed by atoms with Crippen molar-refractivity contribution in [2.24, 2.45) is 0 Å². The van der Waals surface area contributed by atoms with E-state index < -0.39 is 0 Å². The number of rotatable bonds is 2. The van der Waals surface area contributed by atoms with Gasteiger partial charge in [-0.15, -0.1) is 11.8 Å². The maximum atomic E-state index is 8.66. The average Bonchev–Trinajstić information content (AvgIpc) is 2.16. The van der Waals surface area contributed by atoms with Gasteiger partial charge in [0.1, 0.15) is 0 Å². The Balaban J connectivity index is 3.13. The topological polar surface area (TPSA) is 23.8 Å². The summed E-state index contributed by atoms with van der Waals surface area (Å²) in [6.45, 7) is 2.13. The molecule has 0 aliphatic carbocycles. The Morgan fingerprint density at radius 2 is 2.25 bits per heavy atom. The summed E-state index contributed by atoms with van der Waals surface area (Å²) in [5, 5.41) is 8.66. The number of hydrogen-bond acceptors (Lipinski definition) is 2. The van der Waals surface area contributed by atoms with Crippen LogP contribution in [-0.2, 0) is 6.42 Å². The number of aryl methyl sites for hydroxylation is 1. The fourth-order valence-corrected chi connectivity index (χ4v) is 1.83. The zero-order chi connectivity index (χ0) is 8.97. The Morgan fingerprint density at radius 1 is 1.50 bits per heavy atom. The molecule has 0 N–H and O–H groups in total. The summed E-state index contributed by atoms with van der Waals surface area (Å²) in [5.74, 6) is 0. The first-order valence-corrected chi connectivity index (χ1v) is 5.11. The Kier molecular flexibility index (Phi) is 3.19. The summed E-state index contributed by atoms with van der Waals surface area (Å²) in [6, 6.07) is 7.99. The molecule has 1 rings (SSSR count). The van der Waals surface area contributed by atoms with E-state index in [9.17, 15) is 0 Å². The molecule has 0 saturated heterocycles. The number of hydrogen-bond donors (Lipinski definition) is 0. The van der Waals surface area contributed by atoms with E-state index in [0.717, 1.165) is 12.0 Å². The highest BCUT2D eigenvalue weighted by atomic mass is 32.2. The molecule has 62 valence electrons. The predicted molar refractivity (Wildman–Crippen MR) is 52.3 cm³/mol. The van der Waals surface area contributed by atoms with Gasteiger partial charge in [-0.1, -0.05) is 13.0 Å². The molecule has 0 unspecified atom stereocenters. The van der Waals surface area contributed by atoms with E-state index in [1.54, 1.807) is 11.8 Å². The molecular weight excluding hydrogens is 166 g/mol. The lowest BCUT2D eigenvalue weighted by Gasteiger charge is -2.03. The standard InChI is InChI=1S/C10H11NS/c1-3-9-5-4-8(7-11)6-10(9)12-2/h4-6H,3H2,1-2H3. The molecule has 0 radical (unpaired) electrons. The van der Waals surface area contributed by atoms with E-state index >= 15 is 0 Å². The maximum Gasteiger partial charge on any atom is 0.0992 e. The van der Waals surface area contributed by atoms with Crippen molar-refractivity contribution in [3.05, 3.63) is 29.3 Å². The first-order valence-electron chi connectivity index (χ1n) is 3.88. The van der Waals surface area contributed by atoms with Crippen LogP contribution in [0.1, 0.15) is 18.1 Å². The molecule has 1 aromatic rings. The van der Waals surface area contributed by atoms with Crippen LogP contribution >= 0.6 is 11.8 Å². The van der Waals surface area contributed by atoms with Gasteiger partial charge in [-0.3, -0.25) is 0 Å². The summed E-state index contributed by atoms with van der Waals surface area (Å²) in [6.07, 6.45) is 3.07. The van der Waals surface area contributed by atoms with Gasteiger partial charge >= 0.3 is 0 Å². The monoisotopic (exact) mass is 177 g/mol. The molecule has 0 aromatic heterocycles. The lowest BCUT2D eigenvalue weighted by molar-refractivity contribution is 1.08. The summed E-state index contributed by atoms with van der Waals surface area (Å²) in [7, 11) is 0. The van der Waals surface area contributed by atoms with E-state index in [-0.39, 0.29) is 0 Å². The minimum Gasteiger partial charge on any atom is -0.192 e. The molecule has 1 aromatic carbocycles. The van der Waals surface area contributed by atoms with E-state index in [1.165, 1.54) is 10.5 Å². The highest BCUT2D eigenvalue weighted by molar-refractivity contribution is 7.98. The van der Waals surface area contributed by atoms with Crippen LogP contribution in [0, 0.1) is 11.3 Å². The van der Waals surface area contributed by atoms with Crippen molar-refractivity contribution in [1.82, 2.24) is 0 Å². The summed E-state index contributed by atoms with van der Waals surface area (Å²) >= 11 is 1.70. The first kappa shape index (κ1) is 9.15. The minimum absolute atomic E-state index is 0.747. The summed E-state index contributed by atoms with van der Waals surface area (Å²) in [5.41, 5.74) is 2.07. The molecule has 0 saturated carbocycles. The molecule has 0 aliphatic rings. The lowest BCUT2D eigenvalue weighted by Crippen LogP contribution is -1.85. The second-order valence-corrected chi connectivity index (χ2v) is 3.34. The lowest BCUT2D eigenvalue weighted by atomic mass is 10.1. The van der Waals surface area contributed by atoms with Crippen molar-refractivity contribution in [3.63, 3.8) is 0 Å². The van der Waals surface area contributed by atoms with Crippen molar-refractivity contribution in [2.75, 3.05) is 6.26 Å². The Labute approximate surface area is 77.4 Å². The molecule has 2 heteroatoms. The van der Waals surface area contributed by atoms with E-state index in [1.807, 2.05) is 24.5 Å². The number of thioether (sulfide) groups is 1. The molecular formula is C10H11NS. The third-order valence-electron chi connectivity index (χ3n) is 1.80. The molecule has 0 fully saturated rings. The fourth-order valence-electron chi connectivity index (χ4n) is 1.11. The SMILES string of the molecule is CCc1ccc(C#N)cc1SC. The predicted octanol–water partition coefficient (Wildman–Crippen LogP) is 2.84. The third kappa shape index (κ3) is 1.80. The smallest absolute Gasteiger partial charge is 0.0992 e. The highest BCUT2D eigenvalue weighted by Gasteiger charge is 1.99. The van der Waals surface area contributed by atoms with Gasteiger partial charge in [-0.05, 0) is 30.4 Å². The fraction of sp³-hybridized carbons (Fsp3) is 0.300. The molecule has 0 aliphatic heterocycles. The number of benzene rings is 1. The molecule has 0 bridgehead atoms. The van der Waals surface area contributed by atoms with Crippen LogP contribution < -0.4 is 0 Å². The summed E-state index contributed by atoms with van der Waals surface area (Å²) < 4.78 is 0. The maximum absolute atomic E-state index is 8.66. The van der Waals surface area contributed by atoms with Gasteiger partial charge in [-0.25, -0.2) is 0 Å². The largest absolute Gasteiger partial charge is 0.192 e. The van der Waals surface area contributed by atoms with Crippen LogP contribution in [0.2, 0.25) is 0 Å². The molecule has 0 amide bonds. The second-order valence-electron chi connectivity index (χ2n) is 2.49. The Bertz CT molecular complexity index is 312. The number of nitriles is 1. The minimum atomic E-state index is 0.747. The normalized spacial score (nSPS) is 9.42. The quantitative estimate of drug-likeness (QED) is 0.648. The highest BCUT2D eigenvalue weighted by Crippen LogP contribution is 2.21. The van der Waals surface area contributed by atoms with E-state index in [2.05, 4.69) is 13.0 Å². The van der Waals surface area contributed by atoms with Crippen LogP contribution in [0.5, 0.6) is 0 Å². The molecule has 0 heterocycles. The van der Waals surface area contributed by atoms with E-state index in [4.69, 9.17) is 5.26 Å². The van der Waals surface area contributed by atoms with Crippen LogP contribution in [0.4, 0.5) is 0 Å².